The largest absolute Gasteiger partial charge is 0.390 e. The maximum Gasteiger partial charge on any atom is 0.390 e. The van der Waals surface area contributed by atoms with Crippen LogP contribution in [-0.4, -0.2) is 35.1 Å². The Balaban J connectivity index is 1.87. The number of ketones is 2. The van der Waals surface area contributed by atoms with Gasteiger partial charge in [0.1, 0.15) is 5.78 Å². The maximum atomic E-state index is 13.0. The molecular formula is C18H20F3NO3. The number of allylic oxidation sites excluding steroid dienone is 3. The Labute approximate surface area is 143 Å². The van der Waals surface area contributed by atoms with Crippen LogP contribution >= 0.6 is 0 Å². The Hall–Kier alpha value is -1.92. The van der Waals surface area contributed by atoms with Crippen molar-refractivity contribution in [3.05, 3.63) is 23.4 Å². The van der Waals surface area contributed by atoms with Crippen molar-refractivity contribution in [2.75, 3.05) is 6.54 Å². The van der Waals surface area contributed by atoms with Crippen LogP contribution in [0, 0.1) is 17.8 Å². The zero-order valence-electron chi connectivity index (χ0n) is 13.9. The molecule has 0 N–H and O–H groups in total. The molecule has 136 valence electrons. The van der Waals surface area contributed by atoms with Crippen LogP contribution in [0.4, 0.5) is 13.2 Å². The lowest BCUT2D eigenvalue weighted by atomic mass is 9.85. The third-order valence-electron chi connectivity index (χ3n) is 5.33. The molecule has 0 radical (unpaired) electrons. The molecule has 1 fully saturated rings. The molecule has 2 atom stereocenters. The lowest BCUT2D eigenvalue weighted by molar-refractivity contribution is -0.151. The molecule has 2 aliphatic carbocycles. The molecule has 2 unspecified atom stereocenters. The first kappa shape index (κ1) is 17.9. The zero-order valence-corrected chi connectivity index (χ0v) is 13.9. The van der Waals surface area contributed by atoms with E-state index in [1.54, 1.807) is 6.92 Å². The van der Waals surface area contributed by atoms with Crippen molar-refractivity contribution in [2.24, 2.45) is 17.8 Å². The van der Waals surface area contributed by atoms with Crippen LogP contribution < -0.4 is 0 Å². The Morgan fingerprint density at radius 1 is 1.12 bits per heavy atom. The lowest BCUT2D eigenvalue weighted by Gasteiger charge is -2.32. The molecule has 1 saturated carbocycles. The van der Waals surface area contributed by atoms with Gasteiger partial charge in [-0.1, -0.05) is 6.08 Å². The highest BCUT2D eigenvalue weighted by molar-refractivity contribution is 6.00. The van der Waals surface area contributed by atoms with Crippen molar-refractivity contribution in [2.45, 2.75) is 45.2 Å². The third kappa shape index (κ3) is 3.55. The fourth-order valence-corrected chi connectivity index (χ4v) is 3.96. The summed E-state index contributed by atoms with van der Waals surface area (Å²) < 4.78 is 38.9. The van der Waals surface area contributed by atoms with Gasteiger partial charge in [0.25, 0.3) is 0 Å². The molecule has 0 spiro atoms. The Morgan fingerprint density at radius 2 is 1.76 bits per heavy atom. The number of Topliss-reactive ketones (excluding diaryl/α,β-unsaturated/α-hetero) is 1. The molecule has 0 aromatic carbocycles. The van der Waals surface area contributed by atoms with E-state index in [-0.39, 0.29) is 29.9 Å². The van der Waals surface area contributed by atoms with Gasteiger partial charge in [-0.15, -0.1) is 0 Å². The first-order valence-corrected chi connectivity index (χ1v) is 8.53. The highest BCUT2D eigenvalue weighted by Crippen LogP contribution is 2.43. The second-order valence-electron chi connectivity index (χ2n) is 7.10. The van der Waals surface area contributed by atoms with E-state index in [1.807, 2.05) is 0 Å². The molecule has 0 aromatic heterocycles. The van der Waals surface area contributed by atoms with Gasteiger partial charge in [0, 0.05) is 25.1 Å². The molecule has 0 saturated heterocycles. The van der Waals surface area contributed by atoms with Crippen molar-refractivity contribution >= 4 is 17.5 Å². The number of hydrogen-bond donors (Lipinski definition) is 0. The average Bonchev–Trinajstić information content (AvgIpc) is 2.76. The molecule has 1 amide bonds. The van der Waals surface area contributed by atoms with E-state index < -0.39 is 30.2 Å². The minimum absolute atomic E-state index is 0.0771. The van der Waals surface area contributed by atoms with Crippen LogP contribution in [0.1, 0.15) is 39.0 Å². The van der Waals surface area contributed by atoms with E-state index in [1.165, 1.54) is 11.0 Å². The smallest absolute Gasteiger partial charge is 0.314 e. The minimum atomic E-state index is -4.48. The van der Waals surface area contributed by atoms with Crippen LogP contribution in [0.15, 0.2) is 23.4 Å². The van der Waals surface area contributed by atoms with Gasteiger partial charge in [0.2, 0.25) is 5.91 Å². The number of carbonyl (C=O) groups excluding carboxylic acids is 3. The first-order chi connectivity index (χ1) is 11.7. The Bertz CT molecular complexity index is 668. The molecule has 7 heteroatoms. The van der Waals surface area contributed by atoms with E-state index >= 15 is 0 Å². The normalized spacial score (nSPS) is 28.2. The average molecular weight is 355 g/mol. The number of carbonyl (C=O) groups is 3. The maximum absolute atomic E-state index is 13.0. The van der Waals surface area contributed by atoms with Crippen LogP contribution in [0.3, 0.4) is 0 Å². The summed E-state index contributed by atoms with van der Waals surface area (Å²) in [5, 5.41) is 0. The predicted molar refractivity (Wildman–Crippen MR) is 83.2 cm³/mol. The van der Waals surface area contributed by atoms with Crippen LogP contribution in [-0.2, 0) is 14.4 Å². The second kappa shape index (κ2) is 6.42. The van der Waals surface area contributed by atoms with Crippen molar-refractivity contribution in [3.8, 4) is 0 Å². The summed E-state index contributed by atoms with van der Waals surface area (Å²) in [5.41, 5.74) is 0.741. The van der Waals surface area contributed by atoms with Gasteiger partial charge in [-0.05, 0) is 37.3 Å². The fraction of sp³-hybridized carbons (Fsp3) is 0.611. The second-order valence-corrected chi connectivity index (χ2v) is 7.10. The van der Waals surface area contributed by atoms with Crippen LogP contribution in [0.2, 0.25) is 0 Å². The topological polar surface area (TPSA) is 54.5 Å². The van der Waals surface area contributed by atoms with Crippen molar-refractivity contribution in [1.29, 1.82) is 0 Å². The number of rotatable bonds is 3. The summed E-state index contributed by atoms with van der Waals surface area (Å²) in [6.07, 6.45) is -0.950. The molecule has 1 aliphatic heterocycles. The third-order valence-corrected chi connectivity index (χ3v) is 5.33. The molecule has 25 heavy (non-hydrogen) atoms. The first-order valence-electron chi connectivity index (χ1n) is 8.53. The lowest BCUT2D eigenvalue weighted by Crippen LogP contribution is -2.38. The molecule has 3 aliphatic rings. The Kier molecular flexibility index (Phi) is 4.60. The number of hydrogen-bond acceptors (Lipinski definition) is 3. The molecule has 3 rings (SSSR count). The van der Waals surface area contributed by atoms with Crippen molar-refractivity contribution in [1.82, 2.24) is 4.90 Å². The Morgan fingerprint density at radius 3 is 2.36 bits per heavy atom. The highest BCUT2D eigenvalue weighted by atomic mass is 19.4. The van der Waals surface area contributed by atoms with Gasteiger partial charge >= 0.3 is 6.18 Å². The van der Waals surface area contributed by atoms with Gasteiger partial charge in [-0.2, -0.15) is 13.2 Å². The summed E-state index contributed by atoms with van der Waals surface area (Å²) >= 11 is 0. The SMILES string of the molecule is CC1C(=O)N(CC2CCC(=O)CC2)C2=C1C=CC(=O)C2CC(F)(F)F. The van der Waals surface area contributed by atoms with Gasteiger partial charge < -0.3 is 4.90 Å². The summed E-state index contributed by atoms with van der Waals surface area (Å²) in [6.45, 7) is 1.94. The molecular weight excluding hydrogens is 335 g/mol. The number of nitrogens with zero attached hydrogens (tertiary/aromatic N) is 1. The monoisotopic (exact) mass is 355 g/mol. The number of amides is 1. The number of halogens is 3. The fourth-order valence-electron chi connectivity index (χ4n) is 3.96. The molecule has 4 nitrogen and oxygen atoms in total. The van der Waals surface area contributed by atoms with Gasteiger partial charge in [0.05, 0.1) is 18.3 Å². The summed E-state index contributed by atoms with van der Waals surface area (Å²) in [5.74, 6) is -2.49. The minimum Gasteiger partial charge on any atom is -0.314 e. The van der Waals surface area contributed by atoms with Crippen LogP contribution in [0.25, 0.3) is 0 Å². The number of alkyl halides is 3. The van der Waals surface area contributed by atoms with Crippen molar-refractivity contribution < 1.29 is 27.6 Å². The van der Waals surface area contributed by atoms with E-state index in [2.05, 4.69) is 0 Å². The van der Waals surface area contributed by atoms with Crippen LogP contribution in [0.5, 0.6) is 0 Å². The predicted octanol–water partition coefficient (Wildman–Crippen LogP) is 3.19. The van der Waals surface area contributed by atoms with Gasteiger partial charge in [-0.3, -0.25) is 14.4 Å². The molecule has 1 heterocycles. The summed E-state index contributed by atoms with van der Waals surface area (Å²) in [4.78, 5) is 37.5. The highest BCUT2D eigenvalue weighted by Gasteiger charge is 2.47. The molecule has 0 aromatic rings. The zero-order chi connectivity index (χ0) is 18.4. The van der Waals surface area contributed by atoms with E-state index in [9.17, 15) is 27.6 Å². The quantitative estimate of drug-likeness (QED) is 0.781. The van der Waals surface area contributed by atoms with E-state index in [0.29, 0.717) is 31.3 Å². The summed E-state index contributed by atoms with van der Waals surface area (Å²) in [6, 6.07) is 0. The van der Waals surface area contributed by atoms with Gasteiger partial charge in [0.15, 0.2) is 5.78 Å². The van der Waals surface area contributed by atoms with E-state index in [0.717, 1.165) is 6.08 Å². The summed E-state index contributed by atoms with van der Waals surface area (Å²) in [7, 11) is 0. The molecule has 0 bridgehead atoms. The van der Waals surface area contributed by atoms with Crippen molar-refractivity contribution in [3.63, 3.8) is 0 Å². The van der Waals surface area contributed by atoms with E-state index in [4.69, 9.17) is 0 Å². The standard InChI is InChI=1S/C18H20F3NO3/c1-10-13-6-7-15(24)14(8-18(19,20)21)16(13)22(17(10)25)9-11-2-4-12(23)5-3-11/h6-7,10-11,14H,2-5,8-9H2,1H3. The van der Waals surface area contributed by atoms with Gasteiger partial charge in [-0.25, -0.2) is 0 Å².